The van der Waals surface area contributed by atoms with E-state index in [1.54, 1.807) is 0 Å². The van der Waals surface area contributed by atoms with Crippen molar-refractivity contribution in [1.82, 2.24) is 15.0 Å². The lowest BCUT2D eigenvalue weighted by Crippen LogP contribution is -2.09. The highest BCUT2D eigenvalue weighted by molar-refractivity contribution is 5.87. The van der Waals surface area contributed by atoms with Crippen LogP contribution in [0.25, 0.3) is 67.2 Å². The molecule has 0 radical (unpaired) electrons. The zero-order valence-electron chi connectivity index (χ0n) is 27.0. The zero-order valence-corrected chi connectivity index (χ0v) is 27.0. The number of hydrogen-bond acceptors (Lipinski definition) is 5. The maximum atomic E-state index is 5.98. The summed E-state index contributed by atoms with van der Waals surface area (Å²) in [5.41, 5.74) is 13.6. The van der Waals surface area contributed by atoms with E-state index in [9.17, 15) is 0 Å². The van der Waals surface area contributed by atoms with Crippen LogP contribution in [0.4, 0.5) is 17.1 Å². The second kappa shape index (κ2) is 12.6. The number of para-hydroxylation sites is 5. The van der Waals surface area contributed by atoms with E-state index < -0.39 is 0 Å². The summed E-state index contributed by atoms with van der Waals surface area (Å²) in [5, 5.41) is 0. The van der Waals surface area contributed by atoms with Gasteiger partial charge in [-0.2, -0.15) is 0 Å². The van der Waals surface area contributed by atoms with Gasteiger partial charge in [-0.3, -0.25) is 0 Å². The molecule has 9 aromatic rings. The molecule has 7 aromatic carbocycles. The lowest BCUT2D eigenvalue weighted by Gasteiger charge is -2.26. The van der Waals surface area contributed by atoms with E-state index in [0.717, 1.165) is 78.4 Å². The summed E-state index contributed by atoms with van der Waals surface area (Å²) in [7, 11) is 0. The van der Waals surface area contributed by atoms with E-state index in [-0.39, 0.29) is 0 Å². The molecule has 0 bridgehead atoms. The van der Waals surface area contributed by atoms with E-state index in [1.165, 1.54) is 0 Å². The normalized spacial score (nSPS) is 11.2. The second-order valence-corrected chi connectivity index (χ2v) is 12.1. The van der Waals surface area contributed by atoms with Crippen molar-refractivity contribution in [1.29, 1.82) is 0 Å². The standard InChI is InChI=1S/C45H30N4O/c1-3-11-33(12-4-1)43-44(47-40-16-8-7-15-39(40)46-43)34-25-29-38(30-26-34)49(36-13-5-2-6-14-36)37-27-23-32(24-28-37)31-19-21-35(22-20-31)45-48-41-17-9-10-18-42(41)50-45/h1-30H. The maximum absolute atomic E-state index is 5.98. The molecule has 0 aliphatic carbocycles. The molecule has 0 aliphatic heterocycles. The van der Waals surface area contributed by atoms with Gasteiger partial charge < -0.3 is 9.32 Å². The molecule has 5 nitrogen and oxygen atoms in total. The Morgan fingerprint density at radius 3 is 1.32 bits per heavy atom. The first-order valence-electron chi connectivity index (χ1n) is 16.6. The van der Waals surface area contributed by atoms with Crippen LogP contribution in [0.1, 0.15) is 0 Å². The Hall–Kier alpha value is -6.85. The van der Waals surface area contributed by atoms with Gasteiger partial charge >= 0.3 is 0 Å². The van der Waals surface area contributed by atoms with Crippen molar-refractivity contribution in [3.63, 3.8) is 0 Å². The molecule has 0 N–H and O–H groups in total. The van der Waals surface area contributed by atoms with Crippen molar-refractivity contribution in [2.45, 2.75) is 0 Å². The van der Waals surface area contributed by atoms with Crippen LogP contribution in [0.15, 0.2) is 186 Å². The van der Waals surface area contributed by atoms with Crippen LogP contribution < -0.4 is 4.90 Å². The Balaban J connectivity index is 1.04. The van der Waals surface area contributed by atoms with Crippen molar-refractivity contribution < 1.29 is 4.42 Å². The SMILES string of the molecule is c1ccc(-c2nc3ccccc3nc2-c2ccc(N(c3ccccc3)c3ccc(-c4ccc(-c5nc6ccccc6o5)cc4)cc3)cc2)cc1. The van der Waals surface area contributed by atoms with Crippen LogP contribution in [0.5, 0.6) is 0 Å². The van der Waals surface area contributed by atoms with Crippen molar-refractivity contribution in [2.75, 3.05) is 4.90 Å². The van der Waals surface area contributed by atoms with Gasteiger partial charge in [-0.15, -0.1) is 0 Å². The third-order valence-corrected chi connectivity index (χ3v) is 8.92. The van der Waals surface area contributed by atoms with Gasteiger partial charge in [0.1, 0.15) is 5.52 Å². The summed E-state index contributed by atoms with van der Waals surface area (Å²) < 4.78 is 5.98. The quantitative estimate of drug-likeness (QED) is 0.173. The highest BCUT2D eigenvalue weighted by Gasteiger charge is 2.16. The fourth-order valence-corrected chi connectivity index (χ4v) is 6.40. The number of benzene rings is 7. The summed E-state index contributed by atoms with van der Waals surface area (Å²) in [5.74, 6) is 0.626. The molecule has 0 saturated carbocycles. The summed E-state index contributed by atoms with van der Waals surface area (Å²) in [6.45, 7) is 0. The number of anilines is 3. The monoisotopic (exact) mass is 642 g/mol. The molecule has 2 heterocycles. The van der Waals surface area contributed by atoms with Crippen LogP contribution in [0, 0.1) is 0 Å². The van der Waals surface area contributed by atoms with Crippen molar-refractivity contribution in [2.24, 2.45) is 0 Å². The Morgan fingerprint density at radius 2 is 0.740 bits per heavy atom. The first-order valence-corrected chi connectivity index (χ1v) is 16.6. The van der Waals surface area contributed by atoms with Gasteiger partial charge in [-0.05, 0) is 83.9 Å². The van der Waals surface area contributed by atoms with Crippen molar-refractivity contribution in [3.05, 3.63) is 182 Å². The van der Waals surface area contributed by atoms with Gasteiger partial charge in [-0.25, -0.2) is 15.0 Å². The van der Waals surface area contributed by atoms with Crippen LogP contribution in [0.3, 0.4) is 0 Å². The number of fused-ring (bicyclic) bond motifs is 2. The molecular weight excluding hydrogens is 613 g/mol. The number of aromatic nitrogens is 3. The minimum atomic E-state index is 0.626. The minimum Gasteiger partial charge on any atom is -0.436 e. The molecule has 0 amide bonds. The highest BCUT2D eigenvalue weighted by atomic mass is 16.3. The molecule has 236 valence electrons. The van der Waals surface area contributed by atoms with Gasteiger partial charge in [0.15, 0.2) is 5.58 Å². The van der Waals surface area contributed by atoms with Crippen LogP contribution in [-0.2, 0) is 0 Å². The molecular formula is C45H30N4O. The summed E-state index contributed by atoms with van der Waals surface area (Å²) >= 11 is 0. The van der Waals surface area contributed by atoms with E-state index in [2.05, 4.69) is 119 Å². The van der Waals surface area contributed by atoms with Gasteiger partial charge in [0.25, 0.3) is 0 Å². The Bertz CT molecular complexity index is 2530. The average molecular weight is 643 g/mol. The molecule has 2 aromatic heterocycles. The Morgan fingerprint density at radius 1 is 0.320 bits per heavy atom. The molecule has 0 aliphatic rings. The lowest BCUT2D eigenvalue weighted by molar-refractivity contribution is 0.620. The van der Waals surface area contributed by atoms with E-state index in [1.807, 2.05) is 72.8 Å². The van der Waals surface area contributed by atoms with E-state index in [0.29, 0.717) is 5.89 Å². The molecule has 0 saturated heterocycles. The smallest absolute Gasteiger partial charge is 0.227 e. The van der Waals surface area contributed by atoms with Gasteiger partial charge in [0.2, 0.25) is 5.89 Å². The van der Waals surface area contributed by atoms with Gasteiger partial charge in [-0.1, -0.05) is 109 Å². The second-order valence-electron chi connectivity index (χ2n) is 12.1. The third kappa shape index (κ3) is 5.57. The Kier molecular flexibility index (Phi) is 7.41. The molecule has 9 rings (SSSR count). The molecule has 5 heteroatoms. The Labute approximate surface area is 289 Å². The molecule has 0 atom stereocenters. The maximum Gasteiger partial charge on any atom is 0.227 e. The third-order valence-electron chi connectivity index (χ3n) is 8.92. The number of oxazole rings is 1. The van der Waals surface area contributed by atoms with E-state index >= 15 is 0 Å². The number of rotatable bonds is 7. The fraction of sp³-hybridized carbons (Fsp3) is 0. The fourth-order valence-electron chi connectivity index (χ4n) is 6.40. The average Bonchev–Trinajstić information content (AvgIpc) is 3.64. The summed E-state index contributed by atoms with van der Waals surface area (Å²) in [6, 6.07) is 62.3. The van der Waals surface area contributed by atoms with Crippen LogP contribution >= 0.6 is 0 Å². The largest absolute Gasteiger partial charge is 0.436 e. The topological polar surface area (TPSA) is 55.1 Å². The molecule has 0 fully saturated rings. The first-order chi connectivity index (χ1) is 24.8. The number of hydrogen-bond donors (Lipinski definition) is 0. The minimum absolute atomic E-state index is 0.626. The number of nitrogens with zero attached hydrogens (tertiary/aromatic N) is 4. The van der Waals surface area contributed by atoms with E-state index in [4.69, 9.17) is 14.4 Å². The molecule has 50 heavy (non-hydrogen) atoms. The summed E-state index contributed by atoms with van der Waals surface area (Å²) in [4.78, 5) is 17.1. The molecule has 0 spiro atoms. The van der Waals surface area contributed by atoms with Crippen LogP contribution in [0.2, 0.25) is 0 Å². The van der Waals surface area contributed by atoms with Crippen molar-refractivity contribution in [3.8, 4) is 45.1 Å². The predicted molar refractivity (Wildman–Crippen MR) is 204 cm³/mol. The van der Waals surface area contributed by atoms with Crippen molar-refractivity contribution >= 4 is 39.2 Å². The van der Waals surface area contributed by atoms with Gasteiger partial charge in [0, 0.05) is 33.8 Å². The summed E-state index contributed by atoms with van der Waals surface area (Å²) in [6.07, 6.45) is 0. The lowest BCUT2D eigenvalue weighted by atomic mass is 10.0. The predicted octanol–water partition coefficient (Wildman–Crippen LogP) is 11.9. The molecule has 0 unspecified atom stereocenters. The van der Waals surface area contributed by atoms with Gasteiger partial charge in [0.05, 0.1) is 22.4 Å². The zero-order chi connectivity index (χ0) is 33.3. The van der Waals surface area contributed by atoms with Crippen LogP contribution in [-0.4, -0.2) is 15.0 Å². The first kappa shape index (κ1) is 29.3. The highest BCUT2D eigenvalue weighted by Crippen LogP contribution is 2.38.